The molecular weight excluding hydrogens is 480 g/mol. The number of H-pyrrole nitrogens is 1. The lowest BCUT2D eigenvalue weighted by molar-refractivity contribution is 0.0950. The molecule has 0 fully saturated rings. The summed E-state index contributed by atoms with van der Waals surface area (Å²) in [5.74, 6) is 0.348. The highest BCUT2D eigenvalue weighted by molar-refractivity contribution is 9.10. The molecule has 2 N–H and O–H groups in total. The van der Waals surface area contributed by atoms with Crippen molar-refractivity contribution in [2.45, 2.75) is 6.61 Å². The number of rotatable bonds is 6. The Morgan fingerprint density at radius 2 is 1.85 bits per heavy atom. The zero-order valence-corrected chi connectivity index (χ0v) is 19.0. The molecule has 0 saturated carbocycles. The van der Waals surface area contributed by atoms with E-state index in [0.717, 1.165) is 43.2 Å². The zero-order chi connectivity index (χ0) is 22.6. The number of hydrazone groups is 1. The number of nitrogens with zero attached hydrogens (tertiary/aromatic N) is 2. The first-order chi connectivity index (χ1) is 16.2. The van der Waals surface area contributed by atoms with Gasteiger partial charge in [-0.25, -0.2) is 10.4 Å². The van der Waals surface area contributed by atoms with Crippen molar-refractivity contribution in [1.82, 2.24) is 15.4 Å². The third-order valence-corrected chi connectivity index (χ3v) is 5.71. The van der Waals surface area contributed by atoms with E-state index < -0.39 is 0 Å². The molecule has 5 aromatic rings. The van der Waals surface area contributed by atoms with Crippen molar-refractivity contribution in [3.8, 4) is 5.75 Å². The van der Waals surface area contributed by atoms with Crippen molar-refractivity contribution in [2.75, 3.05) is 0 Å². The first-order valence-electron chi connectivity index (χ1n) is 10.3. The van der Waals surface area contributed by atoms with Crippen LogP contribution in [0.25, 0.3) is 21.8 Å². The number of benzene rings is 3. The molecule has 0 aliphatic rings. The van der Waals surface area contributed by atoms with Gasteiger partial charge in [0.1, 0.15) is 18.1 Å². The second-order valence-corrected chi connectivity index (χ2v) is 8.39. The number of ether oxygens (including phenoxy) is 1. The average molecular weight is 499 g/mol. The summed E-state index contributed by atoms with van der Waals surface area (Å²) in [5, 5.41) is 6.08. The lowest BCUT2D eigenvalue weighted by Gasteiger charge is -2.07. The van der Waals surface area contributed by atoms with Crippen molar-refractivity contribution in [1.29, 1.82) is 0 Å². The number of para-hydroxylation sites is 1. The highest BCUT2D eigenvalue weighted by atomic mass is 79.9. The van der Waals surface area contributed by atoms with Gasteiger partial charge in [-0.05, 0) is 47.5 Å². The van der Waals surface area contributed by atoms with Crippen molar-refractivity contribution < 1.29 is 9.53 Å². The minimum atomic E-state index is -0.374. The van der Waals surface area contributed by atoms with Crippen LogP contribution < -0.4 is 10.2 Å². The Morgan fingerprint density at radius 1 is 1.00 bits per heavy atom. The van der Waals surface area contributed by atoms with Crippen molar-refractivity contribution in [3.63, 3.8) is 0 Å². The minimum Gasteiger partial charge on any atom is -0.489 e. The molecule has 1 amide bonds. The van der Waals surface area contributed by atoms with Crippen molar-refractivity contribution in [3.05, 3.63) is 106 Å². The Morgan fingerprint density at radius 3 is 2.73 bits per heavy atom. The van der Waals surface area contributed by atoms with Gasteiger partial charge < -0.3 is 9.72 Å². The van der Waals surface area contributed by atoms with Crippen LogP contribution in [-0.4, -0.2) is 22.1 Å². The van der Waals surface area contributed by atoms with Gasteiger partial charge in [0.25, 0.3) is 5.91 Å². The number of nitrogens with one attached hydrogen (secondary N) is 2. The van der Waals surface area contributed by atoms with Gasteiger partial charge in [0.15, 0.2) is 0 Å². The highest BCUT2D eigenvalue weighted by Gasteiger charge is 2.10. The summed E-state index contributed by atoms with van der Waals surface area (Å²) in [4.78, 5) is 20.1. The van der Waals surface area contributed by atoms with E-state index in [0.29, 0.717) is 12.3 Å². The van der Waals surface area contributed by atoms with Gasteiger partial charge in [0.2, 0.25) is 0 Å². The Bertz CT molecular complexity index is 1480. The number of pyridine rings is 1. The van der Waals surface area contributed by atoms with E-state index in [1.54, 1.807) is 18.5 Å². The van der Waals surface area contributed by atoms with Crippen LogP contribution in [0.4, 0.5) is 0 Å². The fourth-order valence-corrected chi connectivity index (χ4v) is 3.79. The number of fused-ring (bicyclic) bond motifs is 3. The first-order valence-corrected chi connectivity index (χ1v) is 11.1. The van der Waals surface area contributed by atoms with Crippen LogP contribution in [-0.2, 0) is 6.61 Å². The monoisotopic (exact) mass is 498 g/mol. The SMILES string of the molecule is O=C(N/N=C/c1cccc(OCc2ccc(Br)cc2)c1)c1cc2c(cn1)[nH]c1ccccc12. The van der Waals surface area contributed by atoms with E-state index in [1.807, 2.05) is 72.8 Å². The minimum absolute atomic E-state index is 0.302. The number of hydrogen-bond acceptors (Lipinski definition) is 4. The Hall–Kier alpha value is -3.97. The van der Waals surface area contributed by atoms with E-state index in [4.69, 9.17) is 4.74 Å². The molecular formula is C26H19BrN4O2. The van der Waals surface area contributed by atoms with Gasteiger partial charge in [-0.3, -0.25) is 4.79 Å². The molecule has 0 radical (unpaired) electrons. The third kappa shape index (κ3) is 4.78. The number of hydrogen-bond donors (Lipinski definition) is 2. The van der Waals surface area contributed by atoms with Crippen LogP contribution >= 0.6 is 15.9 Å². The van der Waals surface area contributed by atoms with E-state index in [1.165, 1.54) is 0 Å². The summed E-state index contributed by atoms with van der Waals surface area (Å²) in [6.45, 7) is 0.465. The normalized spacial score (nSPS) is 11.3. The number of aromatic amines is 1. The maximum atomic E-state index is 12.6. The van der Waals surface area contributed by atoms with Crippen molar-refractivity contribution >= 4 is 49.9 Å². The highest BCUT2D eigenvalue weighted by Crippen LogP contribution is 2.25. The predicted molar refractivity (Wildman–Crippen MR) is 134 cm³/mol. The quantitative estimate of drug-likeness (QED) is 0.228. The number of aromatic nitrogens is 2. The molecule has 0 aliphatic carbocycles. The molecule has 0 atom stereocenters. The second kappa shape index (κ2) is 9.26. The van der Waals surface area contributed by atoms with Gasteiger partial charge in [0.05, 0.1) is 17.9 Å². The molecule has 2 heterocycles. The molecule has 0 unspecified atom stereocenters. The van der Waals surface area contributed by atoms with Gasteiger partial charge >= 0.3 is 0 Å². The molecule has 3 aromatic carbocycles. The lowest BCUT2D eigenvalue weighted by atomic mass is 10.1. The van der Waals surface area contributed by atoms with E-state index >= 15 is 0 Å². The molecule has 0 saturated heterocycles. The van der Waals surface area contributed by atoms with Gasteiger partial charge in [0, 0.05) is 20.8 Å². The molecule has 33 heavy (non-hydrogen) atoms. The van der Waals surface area contributed by atoms with Gasteiger partial charge in [-0.2, -0.15) is 5.10 Å². The first kappa shape index (κ1) is 20.9. The molecule has 0 aliphatic heterocycles. The second-order valence-electron chi connectivity index (χ2n) is 7.47. The summed E-state index contributed by atoms with van der Waals surface area (Å²) >= 11 is 3.43. The maximum Gasteiger partial charge on any atom is 0.289 e. The molecule has 6 nitrogen and oxygen atoms in total. The number of halogens is 1. The van der Waals surface area contributed by atoms with Crippen LogP contribution in [0.15, 0.2) is 94.6 Å². The largest absolute Gasteiger partial charge is 0.489 e. The van der Waals surface area contributed by atoms with E-state index in [2.05, 4.69) is 36.4 Å². The number of amides is 1. The summed E-state index contributed by atoms with van der Waals surface area (Å²) in [6, 6.07) is 25.2. The predicted octanol–water partition coefficient (Wildman–Crippen LogP) is 5.82. The fraction of sp³-hybridized carbons (Fsp3) is 0.0385. The van der Waals surface area contributed by atoms with Gasteiger partial charge in [-0.1, -0.05) is 58.4 Å². The third-order valence-electron chi connectivity index (χ3n) is 5.18. The van der Waals surface area contributed by atoms with E-state index in [9.17, 15) is 4.79 Å². The maximum absolute atomic E-state index is 12.6. The molecule has 7 heteroatoms. The number of carbonyl (C=O) groups is 1. The summed E-state index contributed by atoms with van der Waals surface area (Å²) in [6.07, 6.45) is 3.24. The standard InChI is InChI=1S/C26H19BrN4O2/c27-19-10-8-17(9-11-19)16-33-20-5-3-4-18(12-20)14-29-31-26(32)24-13-22-21-6-1-2-7-23(21)30-25(22)15-28-24/h1-15,30H,16H2,(H,31,32)/b29-14+. The molecule has 0 spiro atoms. The lowest BCUT2D eigenvalue weighted by Crippen LogP contribution is -2.18. The van der Waals surface area contributed by atoms with Crippen LogP contribution in [0.3, 0.4) is 0 Å². The topological polar surface area (TPSA) is 79.4 Å². The molecule has 0 bridgehead atoms. The Balaban J connectivity index is 1.24. The Kier molecular flexibility index (Phi) is 5.87. The summed E-state index contributed by atoms with van der Waals surface area (Å²) < 4.78 is 6.89. The van der Waals surface area contributed by atoms with Crippen molar-refractivity contribution in [2.24, 2.45) is 5.10 Å². The van der Waals surface area contributed by atoms with Crippen LogP contribution in [0.2, 0.25) is 0 Å². The summed E-state index contributed by atoms with van der Waals surface area (Å²) in [7, 11) is 0. The number of carbonyl (C=O) groups excluding carboxylic acids is 1. The smallest absolute Gasteiger partial charge is 0.289 e. The van der Waals surface area contributed by atoms with Crippen LogP contribution in [0, 0.1) is 0 Å². The summed E-state index contributed by atoms with van der Waals surface area (Å²) in [5.41, 5.74) is 6.62. The molecule has 5 rings (SSSR count). The van der Waals surface area contributed by atoms with Crippen LogP contribution in [0.5, 0.6) is 5.75 Å². The zero-order valence-electron chi connectivity index (χ0n) is 17.5. The van der Waals surface area contributed by atoms with Crippen LogP contribution in [0.1, 0.15) is 21.6 Å². The van der Waals surface area contributed by atoms with Gasteiger partial charge in [-0.15, -0.1) is 0 Å². The Labute approximate surface area is 198 Å². The fourth-order valence-electron chi connectivity index (χ4n) is 3.53. The molecule has 162 valence electrons. The molecule has 2 aromatic heterocycles. The van der Waals surface area contributed by atoms with E-state index in [-0.39, 0.29) is 5.91 Å². The average Bonchev–Trinajstić information content (AvgIpc) is 3.22.